The second-order valence-electron chi connectivity index (χ2n) is 4.71. The monoisotopic (exact) mass is 342 g/mol. The number of hydrogen-bond acceptors (Lipinski definition) is 3. The van der Waals surface area contributed by atoms with Crippen LogP contribution in [0.15, 0.2) is 59.2 Å². The first-order valence-corrected chi connectivity index (χ1v) is 7.47. The minimum atomic E-state index is 0.735. The van der Waals surface area contributed by atoms with E-state index in [9.17, 15) is 0 Å². The number of hydrogen-bond donors (Lipinski definition) is 1. The Morgan fingerprint density at radius 2 is 1.95 bits per heavy atom. The highest BCUT2D eigenvalue weighted by atomic mass is 79.9. The van der Waals surface area contributed by atoms with Crippen molar-refractivity contribution in [3.05, 3.63) is 64.8 Å². The van der Waals surface area contributed by atoms with E-state index in [1.54, 1.807) is 7.11 Å². The van der Waals surface area contributed by atoms with Crippen LogP contribution in [0.1, 0.15) is 5.56 Å². The summed E-state index contributed by atoms with van der Waals surface area (Å²) in [6.07, 6.45) is 1.82. The molecule has 21 heavy (non-hydrogen) atoms. The first kappa shape index (κ1) is 13.9. The largest absolute Gasteiger partial charge is 0.494 e. The van der Waals surface area contributed by atoms with Gasteiger partial charge in [-0.05, 0) is 23.8 Å². The summed E-state index contributed by atoms with van der Waals surface area (Å²) in [5.74, 6) is 0.817. The van der Waals surface area contributed by atoms with Crippen LogP contribution in [0.3, 0.4) is 0 Å². The van der Waals surface area contributed by atoms with Crippen molar-refractivity contribution < 1.29 is 4.74 Å². The van der Waals surface area contributed by atoms with Gasteiger partial charge in [0.05, 0.1) is 24.5 Å². The van der Waals surface area contributed by atoms with Crippen LogP contribution in [0.5, 0.6) is 5.75 Å². The van der Waals surface area contributed by atoms with Crippen molar-refractivity contribution in [3.63, 3.8) is 0 Å². The zero-order chi connectivity index (χ0) is 14.7. The summed E-state index contributed by atoms with van der Waals surface area (Å²) in [5.41, 5.74) is 3.03. The number of fused-ring (bicyclic) bond motifs is 1. The molecule has 1 N–H and O–H groups in total. The van der Waals surface area contributed by atoms with Gasteiger partial charge in [-0.25, -0.2) is 0 Å². The minimum Gasteiger partial charge on any atom is -0.494 e. The first-order valence-electron chi connectivity index (χ1n) is 6.68. The van der Waals surface area contributed by atoms with Gasteiger partial charge in [0.15, 0.2) is 5.75 Å². The van der Waals surface area contributed by atoms with Gasteiger partial charge < -0.3 is 10.1 Å². The molecule has 0 aliphatic carbocycles. The number of ether oxygens (including phenoxy) is 1. The summed E-state index contributed by atoms with van der Waals surface area (Å²) >= 11 is 3.49. The number of rotatable bonds is 4. The number of nitrogens with one attached hydrogen (secondary N) is 1. The molecule has 0 saturated carbocycles. The Morgan fingerprint density at radius 1 is 1.14 bits per heavy atom. The van der Waals surface area contributed by atoms with E-state index in [1.807, 2.05) is 42.6 Å². The Balaban J connectivity index is 1.94. The molecular formula is C17H15BrN2O. The maximum Gasteiger partial charge on any atom is 0.152 e. The average Bonchev–Trinajstić information content (AvgIpc) is 2.53. The number of methoxy groups -OCH3 is 1. The standard InChI is InChI=1S/C17H15BrN2O/c1-21-17-14-9-13(18)7-8-15(14)20-11-16(17)19-10-12-5-3-2-4-6-12/h2-9,11,19H,10H2,1H3. The van der Waals surface area contributed by atoms with E-state index in [1.165, 1.54) is 5.56 Å². The topological polar surface area (TPSA) is 34.1 Å². The van der Waals surface area contributed by atoms with Gasteiger partial charge in [0, 0.05) is 16.4 Å². The van der Waals surface area contributed by atoms with E-state index in [-0.39, 0.29) is 0 Å². The van der Waals surface area contributed by atoms with Crippen molar-refractivity contribution in [1.29, 1.82) is 0 Å². The fraction of sp³-hybridized carbons (Fsp3) is 0.118. The minimum absolute atomic E-state index is 0.735. The number of halogens is 1. The molecule has 0 atom stereocenters. The van der Waals surface area contributed by atoms with Crippen LogP contribution in [-0.4, -0.2) is 12.1 Å². The fourth-order valence-electron chi connectivity index (χ4n) is 2.28. The number of benzene rings is 2. The second kappa shape index (κ2) is 6.14. The highest BCUT2D eigenvalue weighted by Gasteiger charge is 2.09. The lowest BCUT2D eigenvalue weighted by molar-refractivity contribution is 0.421. The average molecular weight is 343 g/mol. The van der Waals surface area contributed by atoms with Gasteiger partial charge in [0.2, 0.25) is 0 Å². The van der Waals surface area contributed by atoms with Crippen molar-refractivity contribution in [1.82, 2.24) is 4.98 Å². The maximum absolute atomic E-state index is 5.58. The van der Waals surface area contributed by atoms with Gasteiger partial charge in [0.25, 0.3) is 0 Å². The zero-order valence-corrected chi connectivity index (χ0v) is 13.2. The Kier molecular flexibility index (Phi) is 4.06. The van der Waals surface area contributed by atoms with Crippen LogP contribution < -0.4 is 10.1 Å². The molecule has 0 amide bonds. The number of aromatic nitrogens is 1. The van der Waals surface area contributed by atoms with Crippen LogP contribution in [0, 0.1) is 0 Å². The Labute approximate surface area is 132 Å². The van der Waals surface area contributed by atoms with Gasteiger partial charge in [0.1, 0.15) is 0 Å². The molecule has 1 heterocycles. The predicted octanol–water partition coefficient (Wildman–Crippen LogP) is 4.62. The van der Waals surface area contributed by atoms with Crippen LogP contribution in [0.25, 0.3) is 10.9 Å². The predicted molar refractivity (Wildman–Crippen MR) is 89.8 cm³/mol. The lowest BCUT2D eigenvalue weighted by Crippen LogP contribution is -2.02. The summed E-state index contributed by atoms with van der Waals surface area (Å²) in [5, 5.41) is 4.38. The molecular weight excluding hydrogens is 328 g/mol. The van der Waals surface area contributed by atoms with Gasteiger partial charge in [-0.1, -0.05) is 46.3 Å². The lowest BCUT2D eigenvalue weighted by atomic mass is 10.1. The molecule has 0 unspecified atom stereocenters. The van der Waals surface area contributed by atoms with Gasteiger partial charge in [-0.3, -0.25) is 4.98 Å². The van der Waals surface area contributed by atoms with E-state index in [0.29, 0.717) is 0 Å². The molecule has 0 aliphatic rings. The quantitative estimate of drug-likeness (QED) is 0.751. The van der Waals surface area contributed by atoms with E-state index in [0.717, 1.165) is 33.4 Å². The van der Waals surface area contributed by atoms with E-state index in [2.05, 4.69) is 38.4 Å². The van der Waals surface area contributed by atoms with Crippen LogP contribution in [0.2, 0.25) is 0 Å². The van der Waals surface area contributed by atoms with Crippen molar-refractivity contribution >= 4 is 32.5 Å². The third kappa shape index (κ3) is 3.00. The molecule has 0 saturated heterocycles. The summed E-state index contributed by atoms with van der Waals surface area (Å²) in [4.78, 5) is 4.48. The lowest BCUT2D eigenvalue weighted by Gasteiger charge is -2.13. The normalized spacial score (nSPS) is 10.6. The SMILES string of the molecule is COc1c(NCc2ccccc2)cnc2ccc(Br)cc12. The second-order valence-corrected chi connectivity index (χ2v) is 5.62. The number of anilines is 1. The molecule has 106 valence electrons. The molecule has 3 nitrogen and oxygen atoms in total. The molecule has 1 aromatic heterocycles. The van der Waals surface area contributed by atoms with Gasteiger partial charge in [-0.15, -0.1) is 0 Å². The highest BCUT2D eigenvalue weighted by molar-refractivity contribution is 9.10. The third-order valence-corrected chi connectivity index (χ3v) is 3.80. The number of pyridine rings is 1. The Bertz CT molecular complexity index is 759. The molecule has 0 radical (unpaired) electrons. The first-order chi connectivity index (χ1) is 10.3. The molecule has 0 bridgehead atoms. The summed E-state index contributed by atoms with van der Waals surface area (Å²) in [6.45, 7) is 0.735. The molecule has 0 fully saturated rings. The molecule has 4 heteroatoms. The molecule has 3 aromatic rings. The third-order valence-electron chi connectivity index (χ3n) is 3.31. The molecule has 0 spiro atoms. The van der Waals surface area contributed by atoms with Crippen molar-refractivity contribution in [2.45, 2.75) is 6.54 Å². The van der Waals surface area contributed by atoms with Crippen LogP contribution in [0.4, 0.5) is 5.69 Å². The summed E-state index contributed by atoms with van der Waals surface area (Å²) in [7, 11) is 1.68. The Hall–Kier alpha value is -2.07. The fourth-order valence-corrected chi connectivity index (χ4v) is 2.64. The van der Waals surface area contributed by atoms with Gasteiger partial charge in [-0.2, -0.15) is 0 Å². The van der Waals surface area contributed by atoms with Crippen molar-refractivity contribution in [2.24, 2.45) is 0 Å². The zero-order valence-electron chi connectivity index (χ0n) is 11.6. The van der Waals surface area contributed by atoms with E-state index >= 15 is 0 Å². The van der Waals surface area contributed by atoms with Crippen molar-refractivity contribution in [3.8, 4) is 5.75 Å². The molecule has 0 aliphatic heterocycles. The number of nitrogens with zero attached hydrogens (tertiary/aromatic N) is 1. The summed E-state index contributed by atoms with van der Waals surface area (Å²) in [6, 6.07) is 16.2. The van der Waals surface area contributed by atoms with Crippen LogP contribution >= 0.6 is 15.9 Å². The smallest absolute Gasteiger partial charge is 0.152 e. The van der Waals surface area contributed by atoms with E-state index in [4.69, 9.17) is 4.74 Å². The van der Waals surface area contributed by atoms with Gasteiger partial charge >= 0.3 is 0 Å². The highest BCUT2D eigenvalue weighted by Crippen LogP contribution is 2.33. The molecule has 2 aromatic carbocycles. The van der Waals surface area contributed by atoms with Crippen LogP contribution in [-0.2, 0) is 6.54 Å². The Morgan fingerprint density at radius 3 is 2.71 bits per heavy atom. The maximum atomic E-state index is 5.58. The van der Waals surface area contributed by atoms with E-state index < -0.39 is 0 Å². The summed E-state index contributed by atoms with van der Waals surface area (Å²) < 4.78 is 6.59. The van der Waals surface area contributed by atoms with Crippen molar-refractivity contribution in [2.75, 3.05) is 12.4 Å². The molecule has 3 rings (SSSR count).